The third kappa shape index (κ3) is 5.03. The molecular formula is C29H25BrF3N5O3. The van der Waals surface area contributed by atoms with Crippen LogP contribution in [0.5, 0.6) is 5.75 Å². The number of pyridine rings is 1. The zero-order valence-corrected chi connectivity index (χ0v) is 23.8. The van der Waals surface area contributed by atoms with E-state index in [0.29, 0.717) is 26.7 Å². The minimum absolute atomic E-state index is 0.110. The van der Waals surface area contributed by atoms with E-state index in [-0.39, 0.29) is 17.1 Å². The van der Waals surface area contributed by atoms with Crippen molar-refractivity contribution in [2.45, 2.75) is 25.3 Å². The zero-order chi connectivity index (χ0) is 29.8. The maximum Gasteiger partial charge on any atom is 0.283 e. The van der Waals surface area contributed by atoms with Gasteiger partial charge < -0.3 is 25.7 Å². The lowest BCUT2D eigenvalue weighted by Crippen LogP contribution is -2.29. The fourth-order valence-corrected chi connectivity index (χ4v) is 5.47. The van der Waals surface area contributed by atoms with E-state index in [9.17, 15) is 22.8 Å². The summed E-state index contributed by atoms with van der Waals surface area (Å²) in [6, 6.07) is 8.79. The van der Waals surface area contributed by atoms with Crippen molar-refractivity contribution < 1.29 is 27.5 Å². The molecule has 0 bridgehead atoms. The van der Waals surface area contributed by atoms with E-state index in [1.807, 2.05) is 18.5 Å². The Morgan fingerprint density at radius 1 is 1.24 bits per heavy atom. The van der Waals surface area contributed by atoms with Crippen LogP contribution in [0, 0.1) is 6.92 Å². The number of nitrogen functional groups attached to an aromatic ring is 1. The molecule has 1 aliphatic rings. The number of aryl methyl sites for hydroxylation is 2. The quantitative estimate of drug-likeness (QED) is 0.214. The van der Waals surface area contributed by atoms with Crippen molar-refractivity contribution in [3.63, 3.8) is 0 Å². The lowest BCUT2D eigenvalue weighted by molar-refractivity contribution is -0.114. The third-order valence-electron chi connectivity index (χ3n) is 7.05. The van der Waals surface area contributed by atoms with Gasteiger partial charge in [-0.1, -0.05) is 18.7 Å². The molecule has 1 atom stereocenters. The Bertz CT molecular complexity index is 1770. The molecule has 41 heavy (non-hydrogen) atoms. The van der Waals surface area contributed by atoms with Crippen LogP contribution in [0.4, 0.5) is 24.7 Å². The van der Waals surface area contributed by atoms with Crippen LogP contribution in [0.25, 0.3) is 33.3 Å². The van der Waals surface area contributed by atoms with Crippen LogP contribution in [0.3, 0.4) is 0 Å². The number of carbonyl (C=O) groups excluding carboxylic acids is 2. The highest BCUT2D eigenvalue weighted by Gasteiger charge is 2.58. The van der Waals surface area contributed by atoms with E-state index in [2.05, 4.69) is 38.1 Å². The van der Waals surface area contributed by atoms with Gasteiger partial charge in [0.25, 0.3) is 17.7 Å². The Labute approximate surface area is 241 Å². The Morgan fingerprint density at radius 3 is 2.56 bits per heavy atom. The molecule has 0 aliphatic heterocycles. The summed E-state index contributed by atoms with van der Waals surface area (Å²) in [5.41, 5.74) is 11.2. The van der Waals surface area contributed by atoms with E-state index in [1.54, 1.807) is 36.5 Å². The Balaban J connectivity index is 1.68. The highest BCUT2D eigenvalue weighted by atomic mass is 79.9. The number of nitrogens with zero attached hydrogens (tertiary/aromatic N) is 2. The lowest BCUT2D eigenvalue weighted by Gasteiger charge is -2.15. The smallest absolute Gasteiger partial charge is 0.283 e. The number of carbonyl (C=O) groups is 2. The molecule has 1 fully saturated rings. The minimum atomic E-state index is -2.91. The monoisotopic (exact) mass is 627 g/mol. The topological polar surface area (TPSA) is 111 Å². The Kier molecular flexibility index (Phi) is 7.06. The first-order chi connectivity index (χ1) is 19.3. The predicted molar refractivity (Wildman–Crippen MR) is 155 cm³/mol. The predicted octanol–water partition coefficient (Wildman–Crippen LogP) is 6.13. The van der Waals surface area contributed by atoms with Crippen molar-refractivity contribution >= 4 is 50.2 Å². The minimum Gasteiger partial charge on any atom is -0.496 e. The molecule has 12 heteroatoms. The molecule has 4 N–H and O–H groups in total. The number of methoxy groups -OCH3 is 1. The number of anilines is 2. The summed E-state index contributed by atoms with van der Waals surface area (Å²) in [6.07, 6.45) is 1.20. The molecule has 0 radical (unpaired) electrons. The Morgan fingerprint density at radius 2 is 1.95 bits per heavy atom. The number of ether oxygens (including phenoxy) is 1. The number of alkyl halides is 2. The van der Waals surface area contributed by atoms with Crippen LogP contribution in [-0.2, 0) is 11.8 Å². The number of nitrogens with two attached hydrogens (primary N) is 1. The first-order valence-corrected chi connectivity index (χ1v) is 13.2. The van der Waals surface area contributed by atoms with Crippen molar-refractivity contribution in [2.24, 2.45) is 7.05 Å². The summed E-state index contributed by atoms with van der Waals surface area (Å²) in [5, 5.41) is 5.45. The van der Waals surface area contributed by atoms with Gasteiger partial charge in [-0.2, -0.15) is 0 Å². The van der Waals surface area contributed by atoms with Gasteiger partial charge in [0.05, 0.1) is 39.8 Å². The number of rotatable bonds is 7. The lowest BCUT2D eigenvalue weighted by atomic mass is 9.94. The van der Waals surface area contributed by atoms with Crippen LogP contribution in [0.1, 0.15) is 22.3 Å². The molecule has 2 heterocycles. The number of aromatic nitrogens is 2. The third-order valence-corrected chi connectivity index (χ3v) is 7.63. The summed E-state index contributed by atoms with van der Waals surface area (Å²) >= 11 is 3.57. The first kappa shape index (κ1) is 28.2. The number of hydrogen-bond acceptors (Lipinski definition) is 5. The van der Waals surface area contributed by atoms with Gasteiger partial charge in [-0.25, -0.2) is 18.2 Å². The van der Waals surface area contributed by atoms with Gasteiger partial charge in [0, 0.05) is 36.5 Å². The second-order valence-electron chi connectivity index (χ2n) is 9.79. The van der Waals surface area contributed by atoms with Crippen LogP contribution < -0.4 is 21.1 Å². The van der Waals surface area contributed by atoms with Crippen molar-refractivity contribution in [3.05, 3.63) is 70.6 Å². The molecule has 5 rings (SSSR count). The molecule has 0 spiro atoms. The van der Waals surface area contributed by atoms with Crippen LogP contribution >= 0.6 is 15.9 Å². The molecular weight excluding hydrogens is 603 g/mol. The van der Waals surface area contributed by atoms with Gasteiger partial charge in [-0.3, -0.25) is 9.59 Å². The number of amides is 2. The molecule has 1 saturated carbocycles. The van der Waals surface area contributed by atoms with E-state index < -0.39 is 36.0 Å². The highest BCUT2D eigenvalue weighted by molar-refractivity contribution is 9.10. The SMILES string of the molecule is C=C(F)C(=O)Nc1ccc(-c2c(-c3ccc(C(=O)NC4CC4(F)F)c(OC)c3)c3c(N)ncc(Br)c3n2C)c(C)c1. The fraction of sp³-hybridized carbons (Fsp3) is 0.207. The molecule has 4 aromatic rings. The molecule has 2 amide bonds. The second kappa shape index (κ2) is 10.3. The maximum atomic E-state index is 13.4. The molecule has 8 nitrogen and oxygen atoms in total. The van der Waals surface area contributed by atoms with Crippen molar-refractivity contribution in [1.29, 1.82) is 0 Å². The summed E-state index contributed by atoms with van der Waals surface area (Å²) in [4.78, 5) is 28.9. The van der Waals surface area contributed by atoms with Gasteiger partial charge in [-0.15, -0.1) is 0 Å². The zero-order valence-electron chi connectivity index (χ0n) is 22.2. The van der Waals surface area contributed by atoms with E-state index in [1.165, 1.54) is 13.2 Å². The summed E-state index contributed by atoms with van der Waals surface area (Å²) in [5.74, 6) is -5.16. The molecule has 0 saturated heterocycles. The maximum absolute atomic E-state index is 13.4. The first-order valence-electron chi connectivity index (χ1n) is 12.4. The van der Waals surface area contributed by atoms with E-state index >= 15 is 0 Å². The van der Waals surface area contributed by atoms with Gasteiger partial charge in [0.1, 0.15) is 11.6 Å². The molecule has 2 aromatic carbocycles. The van der Waals surface area contributed by atoms with Crippen molar-refractivity contribution in [3.8, 4) is 28.1 Å². The molecule has 1 unspecified atom stereocenters. The van der Waals surface area contributed by atoms with Gasteiger partial charge >= 0.3 is 0 Å². The molecule has 1 aliphatic carbocycles. The average Bonchev–Trinajstić information content (AvgIpc) is 3.39. The number of halogens is 4. The summed E-state index contributed by atoms with van der Waals surface area (Å²) in [7, 11) is 3.25. The largest absolute Gasteiger partial charge is 0.496 e. The number of fused-ring (bicyclic) bond motifs is 1. The summed E-state index contributed by atoms with van der Waals surface area (Å²) < 4.78 is 48.2. The van der Waals surface area contributed by atoms with E-state index in [4.69, 9.17) is 10.5 Å². The van der Waals surface area contributed by atoms with Gasteiger partial charge in [0.2, 0.25) is 0 Å². The summed E-state index contributed by atoms with van der Waals surface area (Å²) in [6.45, 7) is 4.86. The van der Waals surface area contributed by atoms with Gasteiger partial charge in [0.15, 0.2) is 5.83 Å². The number of benzene rings is 2. The van der Waals surface area contributed by atoms with Crippen LogP contribution in [0.2, 0.25) is 0 Å². The molecule has 212 valence electrons. The van der Waals surface area contributed by atoms with Gasteiger partial charge in [-0.05, 0) is 58.2 Å². The highest BCUT2D eigenvalue weighted by Crippen LogP contribution is 2.46. The van der Waals surface area contributed by atoms with Crippen molar-refractivity contribution in [1.82, 2.24) is 14.9 Å². The van der Waals surface area contributed by atoms with Crippen molar-refractivity contribution in [2.75, 3.05) is 18.2 Å². The second-order valence-corrected chi connectivity index (χ2v) is 10.6. The average molecular weight is 628 g/mol. The van der Waals surface area contributed by atoms with Crippen LogP contribution in [0.15, 0.2) is 59.5 Å². The normalized spacial score (nSPS) is 15.4. The standard InChI is InChI=1S/C29H25BrF3N5O3/c1-13-9-16(36-27(39)14(2)31)6-8-17(13)24-22(23-25(38(24)3)19(30)12-35-26(23)34)15-5-7-18(20(10-15)41-4)28(40)37-21-11-29(21,32)33/h5-10,12,21H,2,11H2,1,3-4H3,(H2,34,35)(H,36,39)(H,37,40). The van der Waals surface area contributed by atoms with Crippen LogP contribution in [-0.4, -0.2) is 40.4 Å². The number of nitrogens with one attached hydrogen (secondary N) is 2. The van der Waals surface area contributed by atoms with E-state index in [0.717, 1.165) is 22.3 Å². The Hall–Kier alpha value is -4.32. The fourth-order valence-electron chi connectivity index (χ4n) is 4.91. The number of hydrogen-bond donors (Lipinski definition) is 3. The molecule has 2 aromatic heterocycles.